The summed E-state index contributed by atoms with van der Waals surface area (Å²) in [5, 5.41) is 0.341. The predicted octanol–water partition coefficient (Wildman–Crippen LogP) is 1.73. The first-order valence-corrected chi connectivity index (χ1v) is 6.96. The molecule has 0 aliphatic carbocycles. The second-order valence-electron chi connectivity index (χ2n) is 4.73. The lowest BCUT2D eigenvalue weighted by atomic mass is 10.2. The normalized spacial score (nSPS) is 10.5. The van der Waals surface area contributed by atoms with Gasteiger partial charge in [0.1, 0.15) is 23.3 Å². The van der Waals surface area contributed by atoms with Crippen LogP contribution in [0.15, 0.2) is 64.0 Å². The van der Waals surface area contributed by atoms with Crippen molar-refractivity contribution in [3.8, 4) is 17.2 Å². The maximum atomic E-state index is 12.4. The molecule has 0 saturated carbocycles. The topological polar surface area (TPSA) is 93.4 Å². The zero-order chi connectivity index (χ0) is 16.2. The lowest BCUT2D eigenvalue weighted by Crippen LogP contribution is -2.55. The van der Waals surface area contributed by atoms with Crippen molar-refractivity contribution in [3.63, 3.8) is 0 Å². The molecule has 0 aliphatic rings. The van der Waals surface area contributed by atoms with Crippen LogP contribution >= 0.6 is 0 Å². The molecule has 0 aliphatic heterocycles. The number of esters is 1. The highest BCUT2D eigenvalue weighted by molar-refractivity contribution is 5.80. The van der Waals surface area contributed by atoms with Gasteiger partial charge in [-0.15, -0.1) is 0 Å². The SMILES string of the molecule is [NH3+]CC(=O)Oc1ccc2c(=O)c(Oc3ccccc3)coc2c1. The summed E-state index contributed by atoms with van der Waals surface area (Å²) < 4.78 is 16.0. The summed E-state index contributed by atoms with van der Waals surface area (Å²) in [6, 6.07) is 13.5. The molecule has 0 bridgehead atoms. The number of hydrogen-bond acceptors (Lipinski definition) is 5. The van der Waals surface area contributed by atoms with E-state index < -0.39 is 5.97 Å². The smallest absolute Gasteiger partial charge is 0.366 e. The summed E-state index contributed by atoms with van der Waals surface area (Å²) in [4.78, 5) is 23.7. The van der Waals surface area contributed by atoms with Crippen LogP contribution in [0.1, 0.15) is 0 Å². The number of benzene rings is 2. The highest BCUT2D eigenvalue weighted by atomic mass is 16.5. The van der Waals surface area contributed by atoms with Gasteiger partial charge in [-0.25, -0.2) is 4.79 Å². The molecule has 23 heavy (non-hydrogen) atoms. The van der Waals surface area contributed by atoms with Crippen molar-refractivity contribution in [3.05, 3.63) is 65.0 Å². The van der Waals surface area contributed by atoms with Crippen molar-refractivity contribution in [2.75, 3.05) is 6.54 Å². The first-order chi connectivity index (χ1) is 11.2. The van der Waals surface area contributed by atoms with E-state index in [1.807, 2.05) is 6.07 Å². The average molecular weight is 312 g/mol. The lowest BCUT2D eigenvalue weighted by molar-refractivity contribution is -0.358. The molecule has 0 unspecified atom stereocenters. The fourth-order valence-corrected chi connectivity index (χ4v) is 2.02. The Bertz CT molecular complexity index is 902. The summed E-state index contributed by atoms with van der Waals surface area (Å²) in [5.74, 6) is 0.466. The Morgan fingerprint density at radius 1 is 1.09 bits per heavy atom. The molecule has 3 N–H and O–H groups in total. The molecule has 0 radical (unpaired) electrons. The van der Waals surface area contributed by atoms with Crippen molar-refractivity contribution in [1.82, 2.24) is 0 Å². The third kappa shape index (κ3) is 3.22. The number of rotatable bonds is 4. The number of quaternary nitrogens is 1. The van der Waals surface area contributed by atoms with Gasteiger partial charge in [0, 0.05) is 6.07 Å². The van der Waals surface area contributed by atoms with Crippen LogP contribution in [0.2, 0.25) is 0 Å². The van der Waals surface area contributed by atoms with Crippen molar-refractivity contribution < 1.29 is 24.4 Å². The number of fused-ring (bicyclic) bond motifs is 1. The minimum Gasteiger partial charge on any atom is -0.460 e. The number of carbonyl (C=O) groups excluding carboxylic acids is 1. The Morgan fingerprint density at radius 2 is 1.87 bits per heavy atom. The molecule has 3 rings (SSSR count). The third-order valence-corrected chi connectivity index (χ3v) is 3.12. The average Bonchev–Trinajstić information content (AvgIpc) is 2.58. The third-order valence-electron chi connectivity index (χ3n) is 3.12. The van der Waals surface area contributed by atoms with Crippen molar-refractivity contribution in [2.24, 2.45) is 0 Å². The zero-order valence-electron chi connectivity index (χ0n) is 12.2. The quantitative estimate of drug-likeness (QED) is 0.585. The number of hydrogen-bond donors (Lipinski definition) is 1. The van der Waals surface area contributed by atoms with E-state index in [0.717, 1.165) is 0 Å². The molecule has 1 heterocycles. The summed E-state index contributed by atoms with van der Waals surface area (Å²) >= 11 is 0. The fourth-order valence-electron chi connectivity index (χ4n) is 2.02. The molecule has 0 atom stereocenters. The molecule has 0 fully saturated rings. The molecule has 0 saturated heterocycles. The Hall–Kier alpha value is -3.12. The molecule has 1 aromatic heterocycles. The number of para-hydroxylation sites is 1. The van der Waals surface area contributed by atoms with Gasteiger partial charge in [-0.3, -0.25) is 4.79 Å². The van der Waals surface area contributed by atoms with Gasteiger partial charge in [-0.2, -0.15) is 0 Å². The van der Waals surface area contributed by atoms with Crippen LogP contribution in [0.4, 0.5) is 0 Å². The van der Waals surface area contributed by atoms with E-state index in [2.05, 4.69) is 5.73 Å². The van der Waals surface area contributed by atoms with E-state index in [4.69, 9.17) is 13.9 Å². The van der Waals surface area contributed by atoms with E-state index in [9.17, 15) is 9.59 Å². The zero-order valence-corrected chi connectivity index (χ0v) is 12.2. The van der Waals surface area contributed by atoms with Gasteiger partial charge in [0.15, 0.2) is 6.54 Å². The second-order valence-corrected chi connectivity index (χ2v) is 4.73. The van der Waals surface area contributed by atoms with Crippen LogP contribution in [0.5, 0.6) is 17.2 Å². The van der Waals surface area contributed by atoms with Gasteiger partial charge in [0.05, 0.1) is 5.39 Å². The van der Waals surface area contributed by atoms with E-state index in [-0.39, 0.29) is 17.7 Å². The van der Waals surface area contributed by atoms with Crippen LogP contribution in [0, 0.1) is 0 Å². The lowest BCUT2D eigenvalue weighted by Gasteiger charge is -2.06. The largest absolute Gasteiger partial charge is 0.460 e. The van der Waals surface area contributed by atoms with E-state index in [1.54, 1.807) is 24.3 Å². The van der Waals surface area contributed by atoms with Crippen molar-refractivity contribution in [2.45, 2.75) is 0 Å². The Kier molecular flexibility index (Phi) is 4.07. The predicted molar refractivity (Wildman–Crippen MR) is 82.4 cm³/mol. The van der Waals surface area contributed by atoms with Crippen LogP contribution in [0.3, 0.4) is 0 Å². The van der Waals surface area contributed by atoms with Crippen molar-refractivity contribution in [1.29, 1.82) is 0 Å². The summed E-state index contributed by atoms with van der Waals surface area (Å²) in [6.45, 7) is 0.0197. The van der Waals surface area contributed by atoms with Gasteiger partial charge in [0.2, 0.25) is 11.2 Å². The van der Waals surface area contributed by atoms with Crippen LogP contribution in [-0.2, 0) is 4.79 Å². The first-order valence-electron chi connectivity index (χ1n) is 6.96. The van der Waals surface area contributed by atoms with Crippen molar-refractivity contribution >= 4 is 16.9 Å². The van der Waals surface area contributed by atoms with Crippen LogP contribution in [-0.4, -0.2) is 12.5 Å². The fraction of sp³-hybridized carbons (Fsp3) is 0.0588. The maximum absolute atomic E-state index is 12.4. The Labute approximate surface area is 131 Å². The van der Waals surface area contributed by atoms with Crippen LogP contribution < -0.4 is 20.6 Å². The Balaban J connectivity index is 1.95. The molecule has 6 nitrogen and oxygen atoms in total. The van der Waals surface area contributed by atoms with E-state index in [1.165, 1.54) is 24.5 Å². The number of carbonyl (C=O) groups is 1. The maximum Gasteiger partial charge on any atom is 0.366 e. The minimum atomic E-state index is -0.462. The Morgan fingerprint density at radius 3 is 2.61 bits per heavy atom. The van der Waals surface area contributed by atoms with Gasteiger partial charge in [0.25, 0.3) is 0 Å². The van der Waals surface area contributed by atoms with E-state index >= 15 is 0 Å². The van der Waals surface area contributed by atoms with Gasteiger partial charge in [-0.05, 0) is 24.3 Å². The monoisotopic (exact) mass is 312 g/mol. The molecule has 2 aromatic carbocycles. The standard InChI is InChI=1S/C17H13NO5/c18-9-16(19)23-12-6-7-13-14(8-12)21-10-15(17(13)20)22-11-4-2-1-3-5-11/h1-8,10H,9,18H2/p+1. The molecule has 0 spiro atoms. The number of ether oxygens (including phenoxy) is 2. The molecular weight excluding hydrogens is 298 g/mol. The minimum absolute atomic E-state index is 0.0197. The first kappa shape index (κ1) is 14.8. The van der Waals surface area contributed by atoms with Gasteiger partial charge >= 0.3 is 5.97 Å². The molecular formula is C17H14NO5+. The highest BCUT2D eigenvalue weighted by Gasteiger charge is 2.11. The highest BCUT2D eigenvalue weighted by Crippen LogP contribution is 2.23. The van der Waals surface area contributed by atoms with Gasteiger partial charge < -0.3 is 19.6 Å². The summed E-state index contributed by atoms with van der Waals surface area (Å²) in [6.07, 6.45) is 1.24. The van der Waals surface area contributed by atoms with Crippen LogP contribution in [0.25, 0.3) is 11.0 Å². The molecule has 3 aromatic rings. The summed E-state index contributed by atoms with van der Waals surface area (Å²) in [7, 11) is 0. The second kappa shape index (κ2) is 6.33. The molecule has 116 valence electrons. The van der Waals surface area contributed by atoms with E-state index in [0.29, 0.717) is 22.5 Å². The molecule has 6 heteroatoms. The van der Waals surface area contributed by atoms with Gasteiger partial charge in [-0.1, -0.05) is 18.2 Å². The molecule has 0 amide bonds. The summed E-state index contributed by atoms with van der Waals surface area (Å²) in [5.41, 5.74) is 3.45.